The standard InChI is InChI=1S/C23H36O5.CH4/c1-13(25)28-21-11-15-16-4-5-18(20(27)12-24)22(16,2)9-7-17(15)23(3)8-6-14(26)10-19(21)23;/h14-19,21,24,26H,4-12H2,1-3H3;1H4/t14-,15+,16+,17+,18-,19-,21+,22+,23-;/m1./s1. The summed E-state index contributed by atoms with van der Waals surface area (Å²) in [4.78, 5) is 24.3. The van der Waals surface area contributed by atoms with Crippen LogP contribution >= 0.6 is 0 Å². The molecule has 4 saturated carbocycles. The van der Waals surface area contributed by atoms with Crippen molar-refractivity contribution in [1.82, 2.24) is 0 Å². The minimum absolute atomic E-state index is 0. The van der Waals surface area contributed by atoms with Crippen molar-refractivity contribution in [3.05, 3.63) is 0 Å². The summed E-state index contributed by atoms with van der Waals surface area (Å²) in [6, 6.07) is 0. The summed E-state index contributed by atoms with van der Waals surface area (Å²) in [6.07, 6.45) is 7.03. The van der Waals surface area contributed by atoms with Crippen LogP contribution in [-0.4, -0.2) is 40.8 Å². The fourth-order valence-electron chi connectivity index (χ4n) is 8.23. The highest BCUT2D eigenvalue weighted by Gasteiger charge is 2.63. The van der Waals surface area contributed by atoms with E-state index in [4.69, 9.17) is 4.74 Å². The molecule has 0 radical (unpaired) electrons. The molecule has 0 aliphatic heterocycles. The van der Waals surface area contributed by atoms with E-state index in [1.165, 1.54) is 6.92 Å². The zero-order valence-corrected chi connectivity index (χ0v) is 17.5. The molecule has 4 fully saturated rings. The Balaban J connectivity index is 0.00000240. The Hall–Kier alpha value is -0.940. The van der Waals surface area contributed by atoms with Gasteiger partial charge in [0.15, 0.2) is 5.78 Å². The van der Waals surface area contributed by atoms with Gasteiger partial charge in [0, 0.05) is 18.8 Å². The Kier molecular flexibility index (Phi) is 6.24. The van der Waals surface area contributed by atoms with Crippen molar-refractivity contribution in [2.45, 2.75) is 91.8 Å². The van der Waals surface area contributed by atoms with Crippen LogP contribution in [0.5, 0.6) is 0 Å². The predicted molar refractivity (Wildman–Crippen MR) is 111 cm³/mol. The van der Waals surface area contributed by atoms with Gasteiger partial charge >= 0.3 is 5.97 Å². The van der Waals surface area contributed by atoms with Gasteiger partial charge in [0.2, 0.25) is 0 Å². The van der Waals surface area contributed by atoms with E-state index in [0.717, 1.165) is 51.4 Å². The largest absolute Gasteiger partial charge is 0.462 e. The topological polar surface area (TPSA) is 83.8 Å². The van der Waals surface area contributed by atoms with Gasteiger partial charge in [-0.05, 0) is 80.0 Å². The minimum Gasteiger partial charge on any atom is -0.462 e. The molecule has 0 aromatic heterocycles. The molecule has 5 nitrogen and oxygen atoms in total. The molecule has 29 heavy (non-hydrogen) atoms. The predicted octanol–water partition coefficient (Wildman–Crippen LogP) is 3.75. The van der Waals surface area contributed by atoms with Crippen LogP contribution in [-0.2, 0) is 14.3 Å². The fourth-order valence-corrected chi connectivity index (χ4v) is 8.23. The summed E-state index contributed by atoms with van der Waals surface area (Å²) < 4.78 is 5.84. The van der Waals surface area contributed by atoms with E-state index in [9.17, 15) is 19.8 Å². The van der Waals surface area contributed by atoms with Crippen molar-refractivity contribution in [2.75, 3.05) is 6.61 Å². The number of ether oxygens (including phenoxy) is 1. The van der Waals surface area contributed by atoms with Gasteiger partial charge < -0.3 is 14.9 Å². The number of Topliss-reactive ketones (excluding diaryl/α,β-unsaturated/α-hetero) is 1. The van der Waals surface area contributed by atoms with Gasteiger partial charge in [0.1, 0.15) is 12.7 Å². The molecule has 0 heterocycles. The molecule has 4 rings (SSSR count). The van der Waals surface area contributed by atoms with Crippen LogP contribution < -0.4 is 0 Å². The van der Waals surface area contributed by atoms with E-state index in [0.29, 0.717) is 17.8 Å². The number of hydrogen-bond donors (Lipinski definition) is 2. The van der Waals surface area contributed by atoms with Gasteiger partial charge in [-0.1, -0.05) is 21.3 Å². The Morgan fingerprint density at radius 2 is 1.62 bits per heavy atom. The Morgan fingerprint density at radius 1 is 0.966 bits per heavy atom. The van der Waals surface area contributed by atoms with E-state index >= 15 is 0 Å². The first-order chi connectivity index (χ1) is 13.2. The maximum atomic E-state index is 12.4. The Morgan fingerprint density at radius 3 is 2.28 bits per heavy atom. The van der Waals surface area contributed by atoms with Crippen molar-refractivity contribution in [3.8, 4) is 0 Å². The van der Waals surface area contributed by atoms with E-state index < -0.39 is 0 Å². The van der Waals surface area contributed by atoms with Crippen LogP contribution in [0.4, 0.5) is 0 Å². The molecule has 0 amide bonds. The van der Waals surface area contributed by atoms with E-state index in [1.807, 2.05) is 0 Å². The lowest BCUT2D eigenvalue weighted by atomic mass is 9.44. The number of aliphatic hydroxyl groups is 2. The lowest BCUT2D eigenvalue weighted by Crippen LogP contribution is -2.59. The van der Waals surface area contributed by atoms with Crippen molar-refractivity contribution in [1.29, 1.82) is 0 Å². The van der Waals surface area contributed by atoms with Crippen LogP contribution in [0.15, 0.2) is 0 Å². The average molecular weight is 409 g/mol. The first-order valence-corrected chi connectivity index (χ1v) is 11.2. The van der Waals surface area contributed by atoms with Gasteiger partial charge in [-0.25, -0.2) is 0 Å². The number of carbonyl (C=O) groups excluding carboxylic acids is 2. The average Bonchev–Trinajstić information content (AvgIpc) is 2.99. The zero-order chi connectivity index (χ0) is 20.3. The molecule has 0 spiro atoms. The number of aliphatic hydroxyl groups excluding tert-OH is 2. The highest BCUT2D eigenvalue weighted by Crippen LogP contribution is 2.67. The molecule has 4 aliphatic rings. The monoisotopic (exact) mass is 408 g/mol. The third-order valence-electron chi connectivity index (χ3n) is 9.49. The summed E-state index contributed by atoms with van der Waals surface area (Å²) in [5.74, 6) is 1.43. The third-order valence-corrected chi connectivity index (χ3v) is 9.49. The smallest absolute Gasteiger partial charge is 0.302 e. The van der Waals surface area contributed by atoms with Crippen LogP contribution in [0.2, 0.25) is 0 Å². The maximum Gasteiger partial charge on any atom is 0.302 e. The summed E-state index contributed by atoms with van der Waals surface area (Å²) in [7, 11) is 0. The molecule has 0 saturated heterocycles. The molecule has 0 unspecified atom stereocenters. The lowest BCUT2D eigenvalue weighted by molar-refractivity contribution is -0.191. The van der Waals surface area contributed by atoms with Crippen molar-refractivity contribution in [2.24, 2.45) is 40.4 Å². The molecule has 2 N–H and O–H groups in total. The molecule has 0 bridgehead atoms. The van der Waals surface area contributed by atoms with Crippen LogP contribution in [0.25, 0.3) is 0 Å². The summed E-state index contributed by atoms with van der Waals surface area (Å²) >= 11 is 0. The number of carbonyl (C=O) groups is 2. The second-order valence-electron chi connectivity index (χ2n) is 10.6. The van der Waals surface area contributed by atoms with Gasteiger partial charge in [-0.2, -0.15) is 0 Å². The molecular formula is C24H40O5. The van der Waals surface area contributed by atoms with E-state index in [2.05, 4.69) is 13.8 Å². The highest BCUT2D eigenvalue weighted by molar-refractivity contribution is 5.83. The molecule has 5 heteroatoms. The molecule has 4 aliphatic carbocycles. The molecular weight excluding hydrogens is 368 g/mol. The normalized spacial score (nSPS) is 48.5. The lowest BCUT2D eigenvalue weighted by Gasteiger charge is -2.62. The highest BCUT2D eigenvalue weighted by atomic mass is 16.5. The number of rotatable bonds is 3. The van der Waals surface area contributed by atoms with Crippen LogP contribution in [0, 0.1) is 40.4 Å². The van der Waals surface area contributed by atoms with Gasteiger partial charge in [-0.3, -0.25) is 9.59 Å². The van der Waals surface area contributed by atoms with Crippen molar-refractivity contribution < 1.29 is 24.5 Å². The zero-order valence-electron chi connectivity index (χ0n) is 17.5. The van der Waals surface area contributed by atoms with E-state index in [-0.39, 0.29) is 60.7 Å². The SMILES string of the molecule is C.CC(=O)O[C@H]1C[C@@H]2[C@H](CC[C@]3(C)[C@@H](C(=O)CO)CC[C@@H]23)[C@@]2(C)CC[C@@H](O)C[C@H]12. The fraction of sp³-hybridized carbons (Fsp3) is 0.917. The molecule has 0 aromatic rings. The Labute approximate surface area is 175 Å². The van der Waals surface area contributed by atoms with Gasteiger partial charge in [0.25, 0.3) is 0 Å². The summed E-state index contributed by atoms with van der Waals surface area (Å²) in [5, 5.41) is 19.8. The van der Waals surface area contributed by atoms with Crippen LogP contribution in [0.1, 0.15) is 79.6 Å². The Bertz CT molecular complexity index is 647. The first-order valence-electron chi connectivity index (χ1n) is 11.2. The molecule has 166 valence electrons. The number of ketones is 1. The van der Waals surface area contributed by atoms with Crippen molar-refractivity contribution >= 4 is 11.8 Å². The number of esters is 1. The summed E-state index contributed by atoms with van der Waals surface area (Å²) in [6.45, 7) is 5.76. The second-order valence-corrected chi connectivity index (χ2v) is 10.6. The maximum absolute atomic E-state index is 12.4. The van der Waals surface area contributed by atoms with Crippen molar-refractivity contribution in [3.63, 3.8) is 0 Å². The molecule has 9 atom stereocenters. The minimum atomic E-state index is -0.352. The summed E-state index contributed by atoms with van der Waals surface area (Å²) in [5.41, 5.74) is 0.0435. The van der Waals surface area contributed by atoms with Crippen LogP contribution in [0.3, 0.4) is 0 Å². The number of hydrogen-bond acceptors (Lipinski definition) is 5. The van der Waals surface area contributed by atoms with E-state index in [1.54, 1.807) is 0 Å². The van der Waals surface area contributed by atoms with Gasteiger partial charge in [0.05, 0.1) is 6.10 Å². The quantitative estimate of drug-likeness (QED) is 0.695. The first kappa shape index (κ1) is 22.7. The van der Waals surface area contributed by atoms with Gasteiger partial charge in [-0.15, -0.1) is 0 Å². The second kappa shape index (κ2) is 7.96. The molecule has 0 aromatic carbocycles. The third kappa shape index (κ3) is 3.46. The number of fused-ring (bicyclic) bond motifs is 5.